The Morgan fingerprint density at radius 1 is 0.815 bits per heavy atom. The van der Waals surface area contributed by atoms with Gasteiger partial charge in [0.25, 0.3) is 0 Å². The highest BCUT2D eigenvalue weighted by Crippen LogP contribution is 2.08. The van der Waals surface area contributed by atoms with Crippen LogP contribution in [0.25, 0.3) is 0 Å². The Labute approximate surface area is 167 Å². The van der Waals surface area contributed by atoms with Gasteiger partial charge in [-0.05, 0) is 51.9 Å². The van der Waals surface area contributed by atoms with Gasteiger partial charge in [0.2, 0.25) is 0 Å². The van der Waals surface area contributed by atoms with Crippen LogP contribution in [-0.4, -0.2) is 17.0 Å². The van der Waals surface area contributed by atoms with Crippen molar-refractivity contribution >= 4 is 5.78 Å². The highest BCUT2D eigenvalue weighted by molar-refractivity contribution is 5.75. The van der Waals surface area contributed by atoms with Crippen LogP contribution < -0.4 is 0 Å². The van der Waals surface area contributed by atoms with Crippen molar-refractivity contribution in [2.24, 2.45) is 0 Å². The molecule has 0 rings (SSSR count). The molecule has 0 aliphatic carbocycles. The molecule has 1 N–H and O–H groups in total. The van der Waals surface area contributed by atoms with Gasteiger partial charge < -0.3 is 9.90 Å². The van der Waals surface area contributed by atoms with Gasteiger partial charge in [-0.2, -0.15) is 0 Å². The molecule has 0 heterocycles. The molecule has 0 fully saturated rings. The maximum atomic E-state index is 10.8. The summed E-state index contributed by atoms with van der Waals surface area (Å²) in [5.74, 6) is 0.312. The Morgan fingerprint density at radius 3 is 2.22 bits per heavy atom. The minimum atomic E-state index is -0.390. The van der Waals surface area contributed by atoms with Crippen molar-refractivity contribution in [2.75, 3.05) is 0 Å². The van der Waals surface area contributed by atoms with Crippen molar-refractivity contribution in [3.63, 3.8) is 0 Å². The highest BCUT2D eigenvalue weighted by atomic mass is 16.3. The lowest BCUT2D eigenvalue weighted by Crippen LogP contribution is -1.98. The van der Waals surface area contributed by atoms with E-state index in [1.165, 1.54) is 25.7 Å². The molecule has 0 radical (unpaired) electrons. The fourth-order valence-electron chi connectivity index (χ4n) is 2.56. The number of hydrogen-bond donors (Lipinski definition) is 1. The molecule has 152 valence electrons. The number of hydrogen-bond acceptors (Lipinski definition) is 2. The number of aliphatic hydroxyl groups is 1. The van der Waals surface area contributed by atoms with E-state index in [-0.39, 0.29) is 0 Å². The summed E-state index contributed by atoms with van der Waals surface area (Å²) in [6, 6.07) is 0. The summed E-state index contributed by atoms with van der Waals surface area (Å²) in [6.45, 7) is 3.76. The standard InChI is InChI=1S/C25H40O2/c1-3-4-18-22-25(27)23-20-17-15-13-11-9-7-5-6-8-10-12-14-16-19-21-24(2)26/h4-6,9,11,15,17-18,20,23,25,27H,3,7-8,10,12-14,16,19,21-22H2,1-2H3/b6-5-,11-9-,17-15-,18-4-,23-20+/t25-/m1/s1. The molecule has 0 aromatic heterocycles. The lowest BCUT2D eigenvalue weighted by molar-refractivity contribution is -0.117. The zero-order chi connectivity index (χ0) is 20.0. The van der Waals surface area contributed by atoms with Crippen LogP contribution in [-0.2, 0) is 4.79 Å². The molecule has 0 spiro atoms. The van der Waals surface area contributed by atoms with E-state index in [0.717, 1.165) is 38.5 Å². The number of Topliss-reactive ketones (excluding diaryl/α,β-unsaturated/α-hetero) is 1. The molecule has 0 aromatic rings. The van der Waals surface area contributed by atoms with Crippen molar-refractivity contribution in [1.82, 2.24) is 0 Å². The molecule has 1 atom stereocenters. The second kappa shape index (κ2) is 20.6. The number of rotatable bonds is 17. The Hall–Kier alpha value is -1.67. The van der Waals surface area contributed by atoms with Crippen LogP contribution in [0.2, 0.25) is 0 Å². The smallest absolute Gasteiger partial charge is 0.129 e. The summed E-state index contributed by atoms with van der Waals surface area (Å²) in [7, 11) is 0. The van der Waals surface area contributed by atoms with E-state index >= 15 is 0 Å². The average Bonchev–Trinajstić information content (AvgIpc) is 2.64. The first-order chi connectivity index (χ1) is 13.2. The van der Waals surface area contributed by atoms with Gasteiger partial charge in [0.1, 0.15) is 5.78 Å². The lowest BCUT2D eigenvalue weighted by Gasteiger charge is -1.98. The molecule has 0 saturated carbocycles. The molecular formula is C25H40O2. The van der Waals surface area contributed by atoms with E-state index in [4.69, 9.17) is 0 Å². The second-order valence-electron chi connectivity index (χ2n) is 6.92. The molecule has 2 nitrogen and oxygen atoms in total. The van der Waals surface area contributed by atoms with E-state index < -0.39 is 6.10 Å². The van der Waals surface area contributed by atoms with Gasteiger partial charge in [-0.25, -0.2) is 0 Å². The molecule has 0 aliphatic heterocycles. The number of ketones is 1. The molecular weight excluding hydrogens is 332 g/mol. The van der Waals surface area contributed by atoms with Gasteiger partial charge in [0.15, 0.2) is 0 Å². The first kappa shape index (κ1) is 25.3. The van der Waals surface area contributed by atoms with E-state index in [2.05, 4.69) is 43.4 Å². The molecule has 0 saturated heterocycles. The maximum Gasteiger partial charge on any atom is 0.129 e. The van der Waals surface area contributed by atoms with Crippen LogP contribution in [0.5, 0.6) is 0 Å². The highest BCUT2D eigenvalue weighted by Gasteiger charge is 1.94. The van der Waals surface area contributed by atoms with Crippen molar-refractivity contribution in [1.29, 1.82) is 0 Å². The average molecular weight is 373 g/mol. The number of carbonyl (C=O) groups is 1. The van der Waals surface area contributed by atoms with Gasteiger partial charge in [-0.1, -0.05) is 86.9 Å². The minimum Gasteiger partial charge on any atom is -0.389 e. The molecule has 0 aliphatic rings. The van der Waals surface area contributed by atoms with Gasteiger partial charge in [0.05, 0.1) is 6.10 Å². The van der Waals surface area contributed by atoms with Gasteiger partial charge in [0, 0.05) is 6.42 Å². The summed E-state index contributed by atoms with van der Waals surface area (Å²) >= 11 is 0. The van der Waals surface area contributed by atoms with Crippen molar-refractivity contribution < 1.29 is 9.90 Å². The Bertz CT molecular complexity index is 481. The first-order valence-corrected chi connectivity index (χ1v) is 10.6. The van der Waals surface area contributed by atoms with Gasteiger partial charge in [-0.3, -0.25) is 0 Å². The van der Waals surface area contributed by atoms with Crippen molar-refractivity contribution in [2.45, 2.75) is 90.6 Å². The third kappa shape index (κ3) is 22.3. The monoisotopic (exact) mass is 372 g/mol. The van der Waals surface area contributed by atoms with E-state index in [9.17, 15) is 9.90 Å². The summed E-state index contributed by atoms with van der Waals surface area (Å²) in [5, 5.41) is 9.71. The first-order valence-electron chi connectivity index (χ1n) is 10.6. The topological polar surface area (TPSA) is 37.3 Å². The molecule has 0 amide bonds. The normalized spacial score (nSPS) is 13.9. The quantitative estimate of drug-likeness (QED) is 0.169. The molecule has 0 unspecified atom stereocenters. The Balaban J connectivity index is 3.51. The summed E-state index contributed by atoms with van der Waals surface area (Å²) in [5.41, 5.74) is 0. The number of carbonyl (C=O) groups excluding carboxylic acids is 1. The van der Waals surface area contributed by atoms with Crippen LogP contribution in [0.15, 0.2) is 60.8 Å². The van der Waals surface area contributed by atoms with Crippen LogP contribution in [0.1, 0.15) is 84.5 Å². The van der Waals surface area contributed by atoms with E-state index in [1.807, 2.05) is 24.3 Å². The van der Waals surface area contributed by atoms with Crippen LogP contribution >= 0.6 is 0 Å². The lowest BCUT2D eigenvalue weighted by atomic mass is 10.1. The van der Waals surface area contributed by atoms with Crippen LogP contribution in [0.3, 0.4) is 0 Å². The minimum absolute atomic E-state index is 0.312. The summed E-state index contributed by atoms with van der Waals surface area (Å²) < 4.78 is 0. The fraction of sp³-hybridized carbons (Fsp3) is 0.560. The zero-order valence-corrected chi connectivity index (χ0v) is 17.5. The third-order valence-electron chi connectivity index (χ3n) is 4.14. The van der Waals surface area contributed by atoms with E-state index in [0.29, 0.717) is 12.2 Å². The largest absolute Gasteiger partial charge is 0.389 e. The van der Waals surface area contributed by atoms with Crippen LogP contribution in [0, 0.1) is 0 Å². The van der Waals surface area contributed by atoms with Crippen molar-refractivity contribution in [3.8, 4) is 0 Å². The Morgan fingerprint density at radius 2 is 1.48 bits per heavy atom. The van der Waals surface area contributed by atoms with Gasteiger partial charge in [-0.15, -0.1) is 0 Å². The fourth-order valence-corrected chi connectivity index (χ4v) is 2.56. The summed E-state index contributed by atoms with van der Waals surface area (Å²) in [6.07, 6.45) is 31.9. The molecule has 2 heteroatoms. The summed E-state index contributed by atoms with van der Waals surface area (Å²) in [4.78, 5) is 10.8. The number of aliphatic hydroxyl groups excluding tert-OH is 1. The third-order valence-corrected chi connectivity index (χ3v) is 4.14. The van der Waals surface area contributed by atoms with Crippen LogP contribution in [0.4, 0.5) is 0 Å². The van der Waals surface area contributed by atoms with Gasteiger partial charge >= 0.3 is 0 Å². The zero-order valence-electron chi connectivity index (χ0n) is 17.5. The maximum absolute atomic E-state index is 10.8. The second-order valence-corrected chi connectivity index (χ2v) is 6.92. The number of allylic oxidation sites excluding steroid dienone is 8. The molecule has 0 bridgehead atoms. The van der Waals surface area contributed by atoms with E-state index in [1.54, 1.807) is 6.92 Å². The van der Waals surface area contributed by atoms with Crippen molar-refractivity contribution in [3.05, 3.63) is 60.8 Å². The Kier molecular flexibility index (Phi) is 19.4. The molecule has 0 aromatic carbocycles. The number of unbranched alkanes of at least 4 members (excludes halogenated alkanes) is 5. The predicted molar refractivity (Wildman–Crippen MR) is 119 cm³/mol. The predicted octanol–water partition coefficient (Wildman–Crippen LogP) is 7.03. The SMILES string of the molecule is CC/C=C\C[C@@H](O)/C=C/C=C\C/C=C\C/C=C\CCCCCCCC(C)=O. The molecule has 27 heavy (non-hydrogen) atoms.